The summed E-state index contributed by atoms with van der Waals surface area (Å²) in [6.45, 7) is 4.58. The number of hydrogen-bond acceptors (Lipinski definition) is 3. The van der Waals surface area contributed by atoms with Crippen LogP contribution in [-0.4, -0.2) is 37.1 Å². The fourth-order valence-electron chi connectivity index (χ4n) is 7.70. The van der Waals surface area contributed by atoms with E-state index in [0.29, 0.717) is 6.04 Å². The van der Waals surface area contributed by atoms with E-state index in [1.165, 1.54) is 193 Å². The number of unbranched alkanes of at least 4 members (excludes halogenated alkanes) is 27. The lowest BCUT2D eigenvalue weighted by atomic mass is 10.0. The van der Waals surface area contributed by atoms with E-state index in [-0.39, 0.29) is 18.0 Å². The van der Waals surface area contributed by atoms with Crippen molar-refractivity contribution in [1.29, 1.82) is 0 Å². The molecule has 48 heavy (non-hydrogen) atoms. The fraction of sp³-hybridized carbons (Fsp3) is 0.933. The number of rotatable bonds is 36. The second kappa shape index (κ2) is 34.6. The molecule has 3 unspecified atom stereocenters. The monoisotopic (exact) mass is 674 g/mol. The quantitative estimate of drug-likeness (QED) is 0.0376. The standard InChI is InChI=1S/C45H87NO2/c1-5-7-9-11-13-15-17-19-21-23-25-27-29-31-33-35-37-44(48-45(47)42-39-40-43(41-42)46(3)4)38-36-34-32-30-28-26-24-22-20-18-16-14-12-10-8-6-2/h13,15,42-44H,5-12,14,16-41H2,1-4H3. The van der Waals surface area contributed by atoms with Gasteiger partial charge in [-0.2, -0.15) is 0 Å². The highest BCUT2D eigenvalue weighted by Crippen LogP contribution is 2.30. The molecule has 0 bridgehead atoms. The van der Waals surface area contributed by atoms with Crippen LogP contribution < -0.4 is 0 Å². The number of ether oxygens (including phenoxy) is 1. The summed E-state index contributed by atoms with van der Waals surface area (Å²) in [5, 5.41) is 0. The molecule has 0 saturated heterocycles. The number of carbonyl (C=O) groups is 1. The van der Waals surface area contributed by atoms with Gasteiger partial charge in [-0.05, 0) is 84.7 Å². The van der Waals surface area contributed by atoms with Crippen LogP contribution >= 0.6 is 0 Å². The molecule has 0 aliphatic heterocycles. The van der Waals surface area contributed by atoms with Gasteiger partial charge in [0.25, 0.3) is 0 Å². The Bertz CT molecular complexity index is 703. The van der Waals surface area contributed by atoms with Gasteiger partial charge in [0, 0.05) is 6.04 Å². The van der Waals surface area contributed by atoms with Crippen molar-refractivity contribution in [1.82, 2.24) is 4.90 Å². The first-order valence-corrected chi connectivity index (χ1v) is 22.1. The predicted molar refractivity (Wildman–Crippen MR) is 213 cm³/mol. The highest BCUT2D eigenvalue weighted by atomic mass is 16.5. The van der Waals surface area contributed by atoms with Gasteiger partial charge in [0.15, 0.2) is 0 Å². The maximum atomic E-state index is 13.1. The summed E-state index contributed by atoms with van der Waals surface area (Å²) in [4.78, 5) is 15.4. The molecule has 1 rings (SSSR count). The van der Waals surface area contributed by atoms with Gasteiger partial charge in [-0.25, -0.2) is 0 Å². The van der Waals surface area contributed by atoms with Crippen LogP contribution in [0.25, 0.3) is 0 Å². The average molecular weight is 674 g/mol. The van der Waals surface area contributed by atoms with Gasteiger partial charge in [-0.15, -0.1) is 0 Å². The Labute approximate surface area is 302 Å². The van der Waals surface area contributed by atoms with Crippen molar-refractivity contribution in [3.05, 3.63) is 12.2 Å². The van der Waals surface area contributed by atoms with Gasteiger partial charge in [0.2, 0.25) is 0 Å². The van der Waals surface area contributed by atoms with Gasteiger partial charge >= 0.3 is 5.97 Å². The number of nitrogens with zero attached hydrogens (tertiary/aromatic N) is 1. The first-order chi connectivity index (χ1) is 23.6. The smallest absolute Gasteiger partial charge is 0.309 e. The topological polar surface area (TPSA) is 29.5 Å². The molecule has 0 spiro atoms. The van der Waals surface area contributed by atoms with E-state index in [2.05, 4.69) is 45.0 Å². The maximum Gasteiger partial charge on any atom is 0.309 e. The summed E-state index contributed by atoms with van der Waals surface area (Å²) in [7, 11) is 4.29. The van der Waals surface area contributed by atoms with Crippen LogP contribution in [0.1, 0.15) is 239 Å². The first kappa shape index (κ1) is 45.2. The van der Waals surface area contributed by atoms with Crippen molar-refractivity contribution in [2.24, 2.45) is 5.92 Å². The lowest BCUT2D eigenvalue weighted by Gasteiger charge is -2.21. The molecule has 0 aromatic heterocycles. The van der Waals surface area contributed by atoms with Crippen LogP contribution in [-0.2, 0) is 9.53 Å². The van der Waals surface area contributed by atoms with Crippen LogP contribution in [0.5, 0.6) is 0 Å². The molecule has 3 atom stereocenters. The first-order valence-electron chi connectivity index (χ1n) is 22.1. The molecule has 0 radical (unpaired) electrons. The summed E-state index contributed by atoms with van der Waals surface area (Å²) in [6, 6.07) is 0.540. The van der Waals surface area contributed by atoms with Crippen molar-refractivity contribution >= 4 is 5.97 Å². The molecular weight excluding hydrogens is 587 g/mol. The Kier molecular flexibility index (Phi) is 32.6. The SMILES string of the molecule is CCCCCC=CCCCCCCCCCCCC(CCCCCCCCCCCCCCCCCC)OC(=O)C1CCC(N(C)C)C1. The number of hydrogen-bond donors (Lipinski definition) is 0. The van der Waals surface area contributed by atoms with Crippen molar-refractivity contribution in [3.63, 3.8) is 0 Å². The minimum absolute atomic E-state index is 0.104. The second-order valence-electron chi connectivity index (χ2n) is 16.0. The summed E-state index contributed by atoms with van der Waals surface area (Å²) in [5.41, 5.74) is 0. The van der Waals surface area contributed by atoms with Crippen molar-refractivity contribution in [2.45, 2.75) is 251 Å². The third-order valence-corrected chi connectivity index (χ3v) is 11.2. The summed E-state index contributed by atoms with van der Waals surface area (Å²) in [5.74, 6) is 0.223. The largest absolute Gasteiger partial charge is 0.462 e. The molecule has 0 N–H and O–H groups in total. The molecule has 3 nitrogen and oxygen atoms in total. The third kappa shape index (κ3) is 27.9. The van der Waals surface area contributed by atoms with E-state index < -0.39 is 0 Å². The Morgan fingerprint density at radius 1 is 0.542 bits per heavy atom. The highest BCUT2D eigenvalue weighted by molar-refractivity contribution is 5.73. The molecular formula is C45H87NO2. The molecule has 1 fully saturated rings. The van der Waals surface area contributed by atoms with Crippen LogP contribution in [0, 0.1) is 5.92 Å². The van der Waals surface area contributed by atoms with Gasteiger partial charge in [0.1, 0.15) is 6.10 Å². The Morgan fingerprint density at radius 2 is 0.896 bits per heavy atom. The van der Waals surface area contributed by atoms with Crippen LogP contribution in [0.15, 0.2) is 12.2 Å². The van der Waals surface area contributed by atoms with E-state index in [4.69, 9.17) is 4.74 Å². The molecule has 1 saturated carbocycles. The van der Waals surface area contributed by atoms with E-state index in [1.54, 1.807) is 0 Å². The lowest BCUT2D eigenvalue weighted by molar-refractivity contribution is -0.154. The minimum Gasteiger partial charge on any atom is -0.462 e. The summed E-state index contributed by atoms with van der Waals surface area (Å²) >= 11 is 0. The molecule has 3 heteroatoms. The third-order valence-electron chi connectivity index (χ3n) is 11.2. The molecule has 1 aliphatic carbocycles. The highest BCUT2D eigenvalue weighted by Gasteiger charge is 2.33. The predicted octanol–water partition coefficient (Wildman–Crippen LogP) is 14.7. The molecule has 0 amide bonds. The summed E-state index contributed by atoms with van der Waals surface area (Å²) < 4.78 is 6.25. The maximum absolute atomic E-state index is 13.1. The van der Waals surface area contributed by atoms with Crippen LogP contribution in [0.2, 0.25) is 0 Å². The molecule has 0 aromatic carbocycles. The van der Waals surface area contributed by atoms with Gasteiger partial charge in [0.05, 0.1) is 5.92 Å². The van der Waals surface area contributed by atoms with Gasteiger partial charge < -0.3 is 9.64 Å². The van der Waals surface area contributed by atoms with Crippen molar-refractivity contribution in [2.75, 3.05) is 14.1 Å². The lowest BCUT2D eigenvalue weighted by Crippen LogP contribution is -2.27. The Balaban J connectivity index is 2.14. The summed E-state index contributed by atoms with van der Waals surface area (Å²) in [6.07, 6.45) is 51.4. The van der Waals surface area contributed by atoms with E-state index in [0.717, 1.165) is 32.1 Å². The Hall–Kier alpha value is -0.830. The van der Waals surface area contributed by atoms with E-state index >= 15 is 0 Å². The molecule has 0 heterocycles. The zero-order valence-corrected chi connectivity index (χ0v) is 33.4. The van der Waals surface area contributed by atoms with Crippen LogP contribution in [0.3, 0.4) is 0 Å². The minimum atomic E-state index is 0.104. The Morgan fingerprint density at radius 3 is 1.29 bits per heavy atom. The number of carbonyl (C=O) groups excluding carboxylic acids is 1. The van der Waals surface area contributed by atoms with E-state index in [1.807, 2.05) is 0 Å². The zero-order valence-electron chi connectivity index (χ0n) is 33.4. The molecule has 1 aliphatic rings. The van der Waals surface area contributed by atoms with Crippen molar-refractivity contribution < 1.29 is 9.53 Å². The second-order valence-corrected chi connectivity index (χ2v) is 16.0. The van der Waals surface area contributed by atoms with Gasteiger partial charge in [-0.3, -0.25) is 4.79 Å². The molecule has 0 aromatic rings. The fourth-order valence-corrected chi connectivity index (χ4v) is 7.70. The zero-order chi connectivity index (χ0) is 34.8. The molecule has 284 valence electrons. The number of allylic oxidation sites excluding steroid dienone is 2. The number of esters is 1. The van der Waals surface area contributed by atoms with E-state index in [9.17, 15) is 4.79 Å². The van der Waals surface area contributed by atoms with Crippen molar-refractivity contribution in [3.8, 4) is 0 Å². The normalized spacial score (nSPS) is 17.2. The average Bonchev–Trinajstić information content (AvgIpc) is 3.59. The van der Waals surface area contributed by atoms with Gasteiger partial charge in [-0.1, -0.05) is 180 Å². The van der Waals surface area contributed by atoms with Crippen LogP contribution in [0.4, 0.5) is 0 Å².